The number of anilines is 1. The zero-order valence-electron chi connectivity index (χ0n) is 11.6. The molecule has 2 heterocycles. The molecule has 1 aliphatic heterocycles. The van der Waals surface area contributed by atoms with Crippen LogP contribution in [0.2, 0.25) is 0 Å². The highest BCUT2D eigenvalue weighted by atomic mass is 15.4. The van der Waals surface area contributed by atoms with Crippen molar-refractivity contribution in [2.75, 3.05) is 38.6 Å². The maximum atomic E-state index is 5.87. The minimum absolute atomic E-state index is 0.195. The van der Waals surface area contributed by atoms with E-state index in [1.165, 1.54) is 6.42 Å². The summed E-state index contributed by atoms with van der Waals surface area (Å²) in [6.07, 6.45) is 2.35. The molecule has 0 saturated carbocycles. The van der Waals surface area contributed by atoms with Gasteiger partial charge in [-0.2, -0.15) is 4.98 Å². The van der Waals surface area contributed by atoms with Crippen molar-refractivity contribution in [3.63, 3.8) is 0 Å². The molecule has 0 amide bonds. The van der Waals surface area contributed by atoms with Gasteiger partial charge in [0.15, 0.2) is 0 Å². The molecule has 0 spiro atoms. The summed E-state index contributed by atoms with van der Waals surface area (Å²) in [5, 5.41) is 7.32. The van der Waals surface area contributed by atoms with Crippen LogP contribution in [-0.4, -0.2) is 53.8 Å². The van der Waals surface area contributed by atoms with Crippen LogP contribution in [0.3, 0.4) is 0 Å². The molecule has 3 N–H and O–H groups in total. The molecule has 1 aromatic rings. The number of hydrogen-bond acceptors (Lipinski definition) is 5. The number of hydrogen-bond donors (Lipinski definition) is 2. The zero-order chi connectivity index (χ0) is 13.2. The molecule has 1 atom stereocenters. The molecule has 0 aromatic carbocycles. The number of aromatic nitrogens is 3. The highest BCUT2D eigenvalue weighted by molar-refractivity contribution is 5.30. The predicted octanol–water partition coefficient (Wildman–Crippen LogP) is 0.432. The van der Waals surface area contributed by atoms with Crippen LogP contribution in [0.4, 0.5) is 5.95 Å². The van der Waals surface area contributed by atoms with Crippen LogP contribution in [0.5, 0.6) is 0 Å². The summed E-state index contributed by atoms with van der Waals surface area (Å²) in [5.74, 6) is 1.72. The minimum Gasteiger partial charge on any atom is -0.339 e. The number of piperidine rings is 1. The number of aromatic amines is 1. The standard InChI is InChI=1S/C12H24N6/c1-12(8-13)5-4-6-18(9-12)11-14-10(15-16-11)7-17(2)3/h4-9,13H2,1-3H3,(H,14,15,16). The van der Waals surface area contributed by atoms with E-state index in [-0.39, 0.29) is 5.41 Å². The summed E-state index contributed by atoms with van der Waals surface area (Å²) >= 11 is 0. The predicted molar refractivity (Wildman–Crippen MR) is 72.4 cm³/mol. The van der Waals surface area contributed by atoms with Gasteiger partial charge in [0.25, 0.3) is 0 Å². The Hall–Kier alpha value is -1.14. The molecule has 1 fully saturated rings. The largest absolute Gasteiger partial charge is 0.339 e. The Kier molecular flexibility index (Phi) is 3.87. The van der Waals surface area contributed by atoms with E-state index in [9.17, 15) is 0 Å². The van der Waals surface area contributed by atoms with Crippen molar-refractivity contribution in [1.29, 1.82) is 0 Å². The number of nitrogens with two attached hydrogens (primary N) is 1. The molecule has 18 heavy (non-hydrogen) atoms. The van der Waals surface area contributed by atoms with Crippen molar-refractivity contribution in [3.05, 3.63) is 5.82 Å². The molecule has 2 rings (SSSR count). The fraction of sp³-hybridized carbons (Fsp3) is 0.833. The van der Waals surface area contributed by atoms with Crippen molar-refractivity contribution >= 4 is 5.95 Å². The van der Waals surface area contributed by atoms with E-state index in [4.69, 9.17) is 5.73 Å². The Bertz CT molecular complexity index is 388. The van der Waals surface area contributed by atoms with E-state index >= 15 is 0 Å². The first-order valence-corrected chi connectivity index (χ1v) is 6.53. The molecule has 6 heteroatoms. The average Bonchev–Trinajstić information content (AvgIpc) is 2.77. The van der Waals surface area contributed by atoms with Crippen LogP contribution in [0.1, 0.15) is 25.6 Å². The fourth-order valence-electron chi connectivity index (χ4n) is 2.45. The lowest BCUT2D eigenvalue weighted by atomic mass is 9.82. The van der Waals surface area contributed by atoms with Gasteiger partial charge in [0.2, 0.25) is 5.95 Å². The first kappa shape index (κ1) is 13.3. The van der Waals surface area contributed by atoms with Crippen molar-refractivity contribution in [2.24, 2.45) is 11.1 Å². The van der Waals surface area contributed by atoms with Gasteiger partial charge in [-0.1, -0.05) is 6.92 Å². The Morgan fingerprint density at radius 2 is 2.28 bits per heavy atom. The second-order valence-corrected chi connectivity index (χ2v) is 5.86. The van der Waals surface area contributed by atoms with Gasteiger partial charge >= 0.3 is 0 Å². The van der Waals surface area contributed by atoms with Crippen LogP contribution in [0, 0.1) is 5.41 Å². The van der Waals surface area contributed by atoms with Crippen molar-refractivity contribution < 1.29 is 0 Å². The Balaban J connectivity index is 2.04. The lowest BCUT2D eigenvalue weighted by Crippen LogP contribution is -2.46. The maximum Gasteiger partial charge on any atom is 0.244 e. The molecule has 1 saturated heterocycles. The number of H-pyrrole nitrogens is 1. The second-order valence-electron chi connectivity index (χ2n) is 5.86. The summed E-state index contributed by atoms with van der Waals surface area (Å²) in [6.45, 7) is 5.72. The number of nitrogens with zero attached hydrogens (tertiary/aromatic N) is 4. The van der Waals surface area contributed by atoms with Crippen LogP contribution < -0.4 is 10.6 Å². The molecule has 1 aromatic heterocycles. The van der Waals surface area contributed by atoms with E-state index in [1.54, 1.807) is 0 Å². The summed E-state index contributed by atoms with van der Waals surface area (Å²) in [6, 6.07) is 0. The van der Waals surface area contributed by atoms with Gasteiger partial charge in [-0.15, -0.1) is 5.10 Å². The lowest BCUT2D eigenvalue weighted by Gasteiger charge is -2.39. The fourth-order valence-corrected chi connectivity index (χ4v) is 2.45. The van der Waals surface area contributed by atoms with Crippen LogP contribution >= 0.6 is 0 Å². The third-order valence-electron chi connectivity index (χ3n) is 3.54. The SMILES string of the molecule is CN(C)Cc1nc(N2CCCC(C)(CN)C2)n[nH]1. The zero-order valence-corrected chi connectivity index (χ0v) is 11.6. The van der Waals surface area contributed by atoms with Crippen molar-refractivity contribution in [2.45, 2.75) is 26.3 Å². The molecule has 0 radical (unpaired) electrons. The van der Waals surface area contributed by atoms with Crippen LogP contribution in [-0.2, 0) is 6.54 Å². The van der Waals surface area contributed by atoms with E-state index < -0.39 is 0 Å². The molecule has 0 bridgehead atoms. The Labute approximate surface area is 109 Å². The van der Waals surface area contributed by atoms with Gasteiger partial charge in [-0.25, -0.2) is 0 Å². The van der Waals surface area contributed by atoms with Gasteiger partial charge in [0, 0.05) is 13.1 Å². The molecular formula is C12H24N6. The molecule has 0 aliphatic carbocycles. The van der Waals surface area contributed by atoms with E-state index in [0.717, 1.165) is 44.4 Å². The van der Waals surface area contributed by atoms with Crippen molar-refractivity contribution in [3.8, 4) is 0 Å². The quantitative estimate of drug-likeness (QED) is 0.813. The molecule has 1 aliphatic rings. The molecule has 6 nitrogen and oxygen atoms in total. The first-order chi connectivity index (χ1) is 8.52. The van der Waals surface area contributed by atoms with E-state index in [2.05, 4.69) is 31.9 Å². The Morgan fingerprint density at radius 3 is 2.94 bits per heavy atom. The third kappa shape index (κ3) is 3.00. The topological polar surface area (TPSA) is 74.1 Å². The first-order valence-electron chi connectivity index (χ1n) is 6.53. The Morgan fingerprint density at radius 1 is 1.50 bits per heavy atom. The molecular weight excluding hydrogens is 228 g/mol. The van der Waals surface area contributed by atoms with E-state index in [1.807, 2.05) is 14.1 Å². The van der Waals surface area contributed by atoms with E-state index in [0.29, 0.717) is 0 Å². The van der Waals surface area contributed by atoms with Crippen LogP contribution in [0.15, 0.2) is 0 Å². The highest BCUT2D eigenvalue weighted by Crippen LogP contribution is 2.29. The van der Waals surface area contributed by atoms with Gasteiger partial charge in [0.05, 0.1) is 6.54 Å². The van der Waals surface area contributed by atoms with Gasteiger partial charge in [0.1, 0.15) is 5.82 Å². The second kappa shape index (κ2) is 5.24. The minimum atomic E-state index is 0.195. The van der Waals surface area contributed by atoms with Crippen molar-refractivity contribution in [1.82, 2.24) is 20.1 Å². The van der Waals surface area contributed by atoms with Gasteiger partial charge < -0.3 is 15.5 Å². The number of nitrogens with one attached hydrogen (secondary N) is 1. The summed E-state index contributed by atoms with van der Waals surface area (Å²) < 4.78 is 0. The molecule has 1 unspecified atom stereocenters. The summed E-state index contributed by atoms with van der Waals surface area (Å²) in [5.41, 5.74) is 6.06. The average molecular weight is 252 g/mol. The molecule has 102 valence electrons. The smallest absolute Gasteiger partial charge is 0.244 e. The number of rotatable bonds is 4. The summed E-state index contributed by atoms with van der Waals surface area (Å²) in [4.78, 5) is 8.87. The maximum absolute atomic E-state index is 5.87. The van der Waals surface area contributed by atoms with Gasteiger partial charge in [-0.3, -0.25) is 5.10 Å². The summed E-state index contributed by atoms with van der Waals surface area (Å²) in [7, 11) is 4.04. The van der Waals surface area contributed by atoms with Gasteiger partial charge in [-0.05, 0) is 38.9 Å². The monoisotopic (exact) mass is 252 g/mol. The van der Waals surface area contributed by atoms with Crippen LogP contribution in [0.25, 0.3) is 0 Å². The third-order valence-corrected chi connectivity index (χ3v) is 3.54. The highest BCUT2D eigenvalue weighted by Gasteiger charge is 2.31. The lowest BCUT2D eigenvalue weighted by molar-refractivity contribution is 0.270. The normalized spacial score (nSPS) is 24.8.